The molecule has 1 fully saturated rings. The van der Waals surface area contributed by atoms with Crippen LogP contribution in [0.2, 0.25) is 0 Å². The Morgan fingerprint density at radius 3 is 2.71 bits per heavy atom. The van der Waals surface area contributed by atoms with Crippen LogP contribution in [0.4, 0.5) is 4.39 Å². The number of hydrogen-bond acceptors (Lipinski definition) is 6. The van der Waals surface area contributed by atoms with E-state index in [1.807, 2.05) is 0 Å². The van der Waals surface area contributed by atoms with Gasteiger partial charge in [0.25, 0.3) is 5.91 Å². The zero-order chi connectivity index (χ0) is 20.6. The summed E-state index contributed by atoms with van der Waals surface area (Å²) in [5, 5.41) is 0.456. The summed E-state index contributed by atoms with van der Waals surface area (Å²) in [6.45, 7) is 5.10. The quantitative estimate of drug-likeness (QED) is 0.702. The number of aryl methyl sites for hydroxylation is 1. The summed E-state index contributed by atoms with van der Waals surface area (Å²) in [7, 11) is -3.15. The average molecular weight is 411 g/mol. The van der Waals surface area contributed by atoms with Crippen LogP contribution >= 0.6 is 0 Å². The van der Waals surface area contributed by atoms with Crippen LogP contribution in [-0.2, 0) is 19.4 Å². The van der Waals surface area contributed by atoms with Crippen molar-refractivity contribution < 1.29 is 31.6 Å². The van der Waals surface area contributed by atoms with Crippen LogP contribution in [0.5, 0.6) is 0 Å². The Hall–Kier alpha value is -2.42. The number of furan rings is 1. The first kappa shape index (κ1) is 20.3. The third-order valence-electron chi connectivity index (χ3n) is 4.99. The van der Waals surface area contributed by atoms with E-state index in [4.69, 9.17) is 9.15 Å². The first-order chi connectivity index (χ1) is 13.1. The normalized spacial score (nSPS) is 19.5. The molecule has 2 aromatic rings. The summed E-state index contributed by atoms with van der Waals surface area (Å²) in [5.41, 5.74) is 0.768. The Kier molecular flexibility index (Phi) is 5.47. The Balaban J connectivity index is 1.74. The lowest BCUT2D eigenvalue weighted by Gasteiger charge is -2.29. The van der Waals surface area contributed by atoms with Crippen molar-refractivity contribution in [3.05, 3.63) is 35.3 Å². The van der Waals surface area contributed by atoms with Crippen LogP contribution in [0.1, 0.15) is 36.4 Å². The number of sulfone groups is 1. The molecule has 1 amide bonds. The highest BCUT2D eigenvalue weighted by Gasteiger charge is 2.36. The number of ether oxygens (including phenoxy) is 1. The standard InChI is InChI=1S/C19H22FNO6S/c1-4-21(14-7-8-28(24,25)10-14)18(22)12(3)26-19(23)17-11(2)15-9-13(20)5-6-16(15)27-17/h5-6,9,12,14H,4,7-8,10H2,1-3H3/t12-,14+/m0/s1. The summed E-state index contributed by atoms with van der Waals surface area (Å²) in [6, 6.07) is 3.49. The number of halogens is 1. The Labute approximate surface area is 162 Å². The minimum Gasteiger partial charge on any atom is -0.449 e. The molecule has 0 N–H and O–H groups in total. The van der Waals surface area contributed by atoms with Crippen molar-refractivity contribution in [1.29, 1.82) is 0 Å². The van der Waals surface area contributed by atoms with Gasteiger partial charge in [-0.05, 0) is 45.4 Å². The highest BCUT2D eigenvalue weighted by Crippen LogP contribution is 2.27. The Morgan fingerprint density at radius 1 is 1.39 bits per heavy atom. The minimum atomic E-state index is -3.15. The summed E-state index contributed by atoms with van der Waals surface area (Å²) >= 11 is 0. The zero-order valence-corrected chi connectivity index (χ0v) is 16.7. The molecule has 1 saturated heterocycles. The molecule has 0 radical (unpaired) electrons. The van der Waals surface area contributed by atoms with Gasteiger partial charge in [-0.15, -0.1) is 0 Å². The van der Waals surface area contributed by atoms with Gasteiger partial charge in [0, 0.05) is 23.5 Å². The number of carbonyl (C=O) groups excluding carboxylic acids is 2. The maximum absolute atomic E-state index is 13.4. The maximum atomic E-state index is 13.4. The molecule has 3 rings (SSSR count). The number of likely N-dealkylation sites (N-methyl/N-ethyl adjacent to an activating group) is 1. The number of benzene rings is 1. The fraction of sp³-hybridized carbons (Fsp3) is 0.474. The largest absolute Gasteiger partial charge is 0.449 e. The number of amides is 1. The molecule has 152 valence electrons. The molecule has 28 heavy (non-hydrogen) atoms. The second kappa shape index (κ2) is 7.54. The lowest BCUT2D eigenvalue weighted by atomic mass is 10.1. The fourth-order valence-corrected chi connectivity index (χ4v) is 5.23. The molecule has 0 spiro atoms. The van der Waals surface area contributed by atoms with Gasteiger partial charge in [0.05, 0.1) is 11.5 Å². The molecule has 1 aliphatic rings. The molecule has 1 aromatic heterocycles. The third-order valence-corrected chi connectivity index (χ3v) is 6.74. The first-order valence-corrected chi connectivity index (χ1v) is 10.9. The summed E-state index contributed by atoms with van der Waals surface area (Å²) < 4.78 is 47.6. The highest BCUT2D eigenvalue weighted by molar-refractivity contribution is 7.91. The van der Waals surface area contributed by atoms with Crippen LogP contribution < -0.4 is 0 Å². The van der Waals surface area contributed by atoms with Crippen molar-refractivity contribution in [3.63, 3.8) is 0 Å². The van der Waals surface area contributed by atoms with E-state index in [-0.39, 0.29) is 17.3 Å². The van der Waals surface area contributed by atoms with Crippen molar-refractivity contribution in [2.24, 2.45) is 0 Å². The number of hydrogen-bond donors (Lipinski definition) is 0. The summed E-state index contributed by atoms with van der Waals surface area (Å²) in [6.07, 6.45) is -0.739. The van der Waals surface area contributed by atoms with Crippen LogP contribution in [0, 0.1) is 12.7 Å². The van der Waals surface area contributed by atoms with Gasteiger partial charge in [0.15, 0.2) is 15.9 Å². The SMILES string of the molecule is CCN(C(=O)[C@H](C)OC(=O)c1oc2ccc(F)cc2c1C)[C@@H]1CCS(=O)(=O)C1. The molecule has 0 unspecified atom stereocenters. The molecule has 0 aliphatic carbocycles. The number of esters is 1. The van der Waals surface area contributed by atoms with Gasteiger partial charge >= 0.3 is 5.97 Å². The smallest absolute Gasteiger partial charge is 0.375 e. The lowest BCUT2D eigenvalue weighted by Crippen LogP contribution is -2.46. The Morgan fingerprint density at radius 2 is 2.11 bits per heavy atom. The van der Waals surface area contributed by atoms with E-state index in [2.05, 4.69) is 0 Å². The van der Waals surface area contributed by atoms with Crippen LogP contribution in [0.15, 0.2) is 22.6 Å². The predicted octanol–water partition coefficient (Wildman–Crippen LogP) is 2.46. The predicted molar refractivity (Wildman–Crippen MR) is 100 cm³/mol. The highest BCUT2D eigenvalue weighted by atomic mass is 32.2. The van der Waals surface area contributed by atoms with E-state index < -0.39 is 39.7 Å². The van der Waals surface area contributed by atoms with Crippen molar-refractivity contribution in [2.45, 2.75) is 39.3 Å². The topological polar surface area (TPSA) is 93.9 Å². The molecular weight excluding hydrogens is 389 g/mol. The van der Waals surface area contributed by atoms with E-state index in [1.165, 1.54) is 30.0 Å². The summed E-state index contributed by atoms with van der Waals surface area (Å²) in [5.74, 6) is -1.87. The van der Waals surface area contributed by atoms with Crippen LogP contribution in [0.25, 0.3) is 11.0 Å². The molecular formula is C19H22FNO6S. The van der Waals surface area contributed by atoms with Crippen LogP contribution in [0.3, 0.4) is 0 Å². The van der Waals surface area contributed by atoms with Gasteiger partial charge in [-0.2, -0.15) is 0 Å². The lowest BCUT2D eigenvalue weighted by molar-refractivity contribution is -0.141. The molecule has 7 nitrogen and oxygen atoms in total. The second-order valence-electron chi connectivity index (χ2n) is 6.93. The van der Waals surface area contributed by atoms with Gasteiger partial charge in [-0.3, -0.25) is 4.79 Å². The van der Waals surface area contributed by atoms with Crippen molar-refractivity contribution in [3.8, 4) is 0 Å². The molecule has 2 atom stereocenters. The van der Waals surface area contributed by atoms with Crippen LogP contribution in [-0.4, -0.2) is 55.4 Å². The van der Waals surface area contributed by atoms with Gasteiger partial charge in [0.2, 0.25) is 5.76 Å². The number of rotatable bonds is 5. The molecule has 2 heterocycles. The second-order valence-corrected chi connectivity index (χ2v) is 9.15. The molecule has 1 aliphatic heterocycles. The van der Waals surface area contributed by atoms with Crippen molar-refractivity contribution in [1.82, 2.24) is 4.90 Å². The first-order valence-electron chi connectivity index (χ1n) is 9.03. The summed E-state index contributed by atoms with van der Waals surface area (Å²) in [4.78, 5) is 26.6. The van der Waals surface area contributed by atoms with Gasteiger partial charge in [0.1, 0.15) is 11.4 Å². The zero-order valence-electron chi connectivity index (χ0n) is 15.9. The van der Waals surface area contributed by atoms with E-state index in [0.717, 1.165) is 0 Å². The minimum absolute atomic E-state index is 0.0460. The monoisotopic (exact) mass is 411 g/mol. The third kappa shape index (κ3) is 3.89. The maximum Gasteiger partial charge on any atom is 0.375 e. The average Bonchev–Trinajstić information content (AvgIpc) is 3.15. The molecule has 0 saturated carbocycles. The number of nitrogens with zero attached hydrogens (tertiary/aromatic N) is 1. The van der Waals surface area contributed by atoms with Crippen molar-refractivity contribution >= 4 is 32.7 Å². The number of fused-ring (bicyclic) bond motifs is 1. The molecule has 1 aromatic carbocycles. The molecule has 0 bridgehead atoms. The van der Waals surface area contributed by atoms with Gasteiger partial charge in [-0.25, -0.2) is 17.6 Å². The van der Waals surface area contributed by atoms with Gasteiger partial charge in [-0.1, -0.05) is 0 Å². The van der Waals surface area contributed by atoms with E-state index in [1.54, 1.807) is 13.8 Å². The van der Waals surface area contributed by atoms with Crippen molar-refractivity contribution in [2.75, 3.05) is 18.1 Å². The van der Waals surface area contributed by atoms with E-state index >= 15 is 0 Å². The van der Waals surface area contributed by atoms with E-state index in [9.17, 15) is 22.4 Å². The van der Waals surface area contributed by atoms with E-state index in [0.29, 0.717) is 29.5 Å². The molecule has 9 heteroatoms. The van der Waals surface area contributed by atoms with Gasteiger partial charge < -0.3 is 14.1 Å². The number of carbonyl (C=O) groups is 2. The Bertz CT molecular complexity index is 1030. The fourth-order valence-electron chi connectivity index (χ4n) is 3.50.